The summed E-state index contributed by atoms with van der Waals surface area (Å²) in [5.74, 6) is 1.20. The highest BCUT2D eigenvalue weighted by molar-refractivity contribution is 8.03. The van der Waals surface area contributed by atoms with Gasteiger partial charge in [-0.15, -0.1) is 11.8 Å². The lowest BCUT2D eigenvalue weighted by molar-refractivity contribution is 0.0467. The second kappa shape index (κ2) is 4.32. The molecule has 0 aromatic carbocycles. The molecule has 15 heavy (non-hydrogen) atoms. The van der Waals surface area contributed by atoms with Crippen LogP contribution in [0.25, 0.3) is 0 Å². The van der Waals surface area contributed by atoms with E-state index in [1.165, 1.54) is 22.8 Å². The second-order valence-corrected chi connectivity index (χ2v) is 5.72. The topological polar surface area (TPSA) is 12.5 Å². The van der Waals surface area contributed by atoms with Crippen molar-refractivity contribution in [3.8, 4) is 0 Å². The average Bonchev–Trinajstić information content (AvgIpc) is 2.38. The van der Waals surface area contributed by atoms with Gasteiger partial charge in [-0.3, -0.25) is 0 Å². The van der Waals surface area contributed by atoms with Crippen LogP contribution in [0, 0.1) is 0 Å². The normalized spacial score (nSPS) is 32.7. The molecule has 1 atom stereocenters. The predicted molar refractivity (Wildman–Crippen MR) is 66.2 cm³/mol. The maximum absolute atomic E-state index is 5.55. The molecule has 2 rings (SSSR count). The molecule has 3 heteroatoms. The molecule has 0 saturated heterocycles. The Labute approximate surface area is 96.4 Å². The summed E-state index contributed by atoms with van der Waals surface area (Å²) in [6.07, 6.45) is 5.48. The molecule has 2 aliphatic rings. The first kappa shape index (κ1) is 11.2. The van der Waals surface area contributed by atoms with Gasteiger partial charge in [-0.1, -0.05) is 6.08 Å². The molecule has 0 aromatic rings. The van der Waals surface area contributed by atoms with E-state index < -0.39 is 0 Å². The minimum absolute atomic E-state index is 0.0927. The number of ether oxygens (including phenoxy) is 1. The van der Waals surface area contributed by atoms with Crippen LogP contribution in [0.15, 0.2) is 22.6 Å². The third-order valence-corrected chi connectivity index (χ3v) is 4.28. The Bertz CT molecular complexity index is 311. The van der Waals surface area contributed by atoms with E-state index in [-0.39, 0.29) is 5.60 Å². The molecule has 0 bridgehead atoms. The predicted octanol–water partition coefficient (Wildman–Crippen LogP) is 2.28. The van der Waals surface area contributed by atoms with E-state index in [0.29, 0.717) is 0 Å². The highest BCUT2D eigenvalue weighted by Gasteiger charge is 2.28. The zero-order valence-electron chi connectivity index (χ0n) is 9.75. The summed E-state index contributed by atoms with van der Waals surface area (Å²) in [6, 6.07) is 0. The minimum atomic E-state index is -0.0927. The van der Waals surface area contributed by atoms with Gasteiger partial charge in [0.2, 0.25) is 0 Å². The van der Waals surface area contributed by atoms with Crippen molar-refractivity contribution in [3.05, 3.63) is 22.6 Å². The molecular weight excluding hydrogens is 206 g/mol. The quantitative estimate of drug-likeness (QED) is 0.679. The van der Waals surface area contributed by atoms with Crippen molar-refractivity contribution in [2.75, 3.05) is 33.0 Å². The number of hydrogen-bond acceptors (Lipinski definition) is 3. The van der Waals surface area contributed by atoms with Crippen LogP contribution in [0.3, 0.4) is 0 Å². The van der Waals surface area contributed by atoms with E-state index in [9.17, 15) is 0 Å². The lowest BCUT2D eigenvalue weighted by Crippen LogP contribution is -2.30. The first-order chi connectivity index (χ1) is 7.13. The summed E-state index contributed by atoms with van der Waals surface area (Å²) in [5, 5.41) is 0. The third-order valence-electron chi connectivity index (χ3n) is 3.16. The SMILES string of the molecule is COC1(C)C=CC2=C(CN(C)CCS2)C1. The van der Waals surface area contributed by atoms with Crippen molar-refractivity contribution in [1.29, 1.82) is 0 Å². The van der Waals surface area contributed by atoms with Gasteiger partial charge in [-0.2, -0.15) is 0 Å². The Balaban J connectivity index is 2.19. The Hall–Kier alpha value is -0.250. The Kier molecular flexibility index (Phi) is 3.24. The van der Waals surface area contributed by atoms with Crippen molar-refractivity contribution in [1.82, 2.24) is 4.90 Å². The van der Waals surface area contributed by atoms with Crippen LogP contribution in [0.4, 0.5) is 0 Å². The molecule has 0 amide bonds. The summed E-state index contributed by atoms with van der Waals surface area (Å²) < 4.78 is 5.55. The van der Waals surface area contributed by atoms with Crippen molar-refractivity contribution in [3.63, 3.8) is 0 Å². The molecule has 2 nitrogen and oxygen atoms in total. The smallest absolute Gasteiger partial charge is 0.0872 e. The number of allylic oxidation sites excluding steroid dienone is 1. The molecular formula is C12H19NOS. The van der Waals surface area contributed by atoms with Crippen LogP contribution in [0.2, 0.25) is 0 Å². The van der Waals surface area contributed by atoms with Crippen LogP contribution >= 0.6 is 11.8 Å². The number of rotatable bonds is 1. The van der Waals surface area contributed by atoms with Crippen molar-refractivity contribution in [2.24, 2.45) is 0 Å². The van der Waals surface area contributed by atoms with E-state index in [2.05, 4.69) is 31.0 Å². The van der Waals surface area contributed by atoms with Crippen molar-refractivity contribution >= 4 is 11.8 Å². The highest BCUT2D eigenvalue weighted by Crippen LogP contribution is 2.36. The van der Waals surface area contributed by atoms with Gasteiger partial charge in [0.15, 0.2) is 0 Å². The van der Waals surface area contributed by atoms with Gasteiger partial charge in [-0.05, 0) is 25.6 Å². The van der Waals surface area contributed by atoms with Crippen molar-refractivity contribution < 1.29 is 4.74 Å². The summed E-state index contributed by atoms with van der Waals surface area (Å²) in [4.78, 5) is 3.86. The van der Waals surface area contributed by atoms with Gasteiger partial charge < -0.3 is 9.64 Å². The molecule has 0 aromatic heterocycles. The molecule has 1 unspecified atom stereocenters. The molecule has 1 heterocycles. The van der Waals surface area contributed by atoms with Gasteiger partial charge in [0.05, 0.1) is 5.60 Å². The van der Waals surface area contributed by atoms with Gasteiger partial charge in [0.1, 0.15) is 0 Å². The van der Waals surface area contributed by atoms with E-state index >= 15 is 0 Å². The van der Waals surface area contributed by atoms with Crippen molar-refractivity contribution in [2.45, 2.75) is 18.9 Å². The summed E-state index contributed by atoms with van der Waals surface area (Å²) in [6.45, 7) is 4.42. The fourth-order valence-corrected chi connectivity index (χ4v) is 3.21. The van der Waals surface area contributed by atoms with Gasteiger partial charge in [0, 0.05) is 37.3 Å². The third kappa shape index (κ3) is 2.47. The highest BCUT2D eigenvalue weighted by atomic mass is 32.2. The molecule has 0 fully saturated rings. The fraction of sp³-hybridized carbons (Fsp3) is 0.667. The van der Waals surface area contributed by atoms with Gasteiger partial charge in [-0.25, -0.2) is 0 Å². The van der Waals surface area contributed by atoms with E-state index in [0.717, 1.165) is 13.0 Å². The first-order valence-corrected chi connectivity index (χ1v) is 6.39. The number of hydrogen-bond donors (Lipinski definition) is 0. The molecule has 0 saturated carbocycles. The summed E-state index contributed by atoms with van der Waals surface area (Å²) in [5.41, 5.74) is 1.44. The molecule has 0 spiro atoms. The standard InChI is InChI=1S/C12H19NOS/c1-12(14-3)5-4-11-10(8-12)9-13(2)6-7-15-11/h4-5H,6-9H2,1-3H3. The van der Waals surface area contributed by atoms with E-state index in [1.54, 1.807) is 7.11 Å². The van der Waals surface area contributed by atoms with Crippen LogP contribution in [-0.2, 0) is 4.74 Å². The Morgan fingerprint density at radius 1 is 1.53 bits per heavy atom. The summed E-state index contributed by atoms with van der Waals surface area (Å²) >= 11 is 1.98. The minimum Gasteiger partial charge on any atom is -0.374 e. The van der Waals surface area contributed by atoms with Crippen LogP contribution in [0.1, 0.15) is 13.3 Å². The molecule has 1 aliphatic heterocycles. The largest absolute Gasteiger partial charge is 0.374 e. The molecule has 0 N–H and O–H groups in total. The van der Waals surface area contributed by atoms with E-state index in [1.807, 2.05) is 11.8 Å². The monoisotopic (exact) mass is 225 g/mol. The first-order valence-electron chi connectivity index (χ1n) is 5.41. The average molecular weight is 225 g/mol. The van der Waals surface area contributed by atoms with Crippen LogP contribution in [-0.4, -0.2) is 43.5 Å². The van der Waals surface area contributed by atoms with E-state index in [4.69, 9.17) is 4.74 Å². The van der Waals surface area contributed by atoms with Crippen LogP contribution in [0.5, 0.6) is 0 Å². The fourth-order valence-electron chi connectivity index (χ4n) is 2.08. The zero-order chi connectivity index (χ0) is 10.9. The van der Waals surface area contributed by atoms with Gasteiger partial charge >= 0.3 is 0 Å². The van der Waals surface area contributed by atoms with Gasteiger partial charge in [0.25, 0.3) is 0 Å². The number of methoxy groups -OCH3 is 1. The maximum atomic E-state index is 5.55. The summed E-state index contributed by atoms with van der Waals surface area (Å²) in [7, 11) is 3.99. The Morgan fingerprint density at radius 3 is 3.07 bits per heavy atom. The zero-order valence-corrected chi connectivity index (χ0v) is 10.6. The molecule has 0 radical (unpaired) electrons. The maximum Gasteiger partial charge on any atom is 0.0872 e. The molecule has 1 aliphatic carbocycles. The number of likely N-dealkylation sites (N-methyl/N-ethyl adjacent to an activating group) is 1. The second-order valence-electron chi connectivity index (χ2n) is 4.58. The number of nitrogens with zero attached hydrogens (tertiary/aromatic N) is 1. The lowest BCUT2D eigenvalue weighted by atomic mass is 9.91. The Morgan fingerprint density at radius 2 is 2.33 bits per heavy atom. The molecule has 84 valence electrons. The lowest BCUT2D eigenvalue weighted by Gasteiger charge is -2.30. The van der Waals surface area contributed by atoms with Crippen LogP contribution < -0.4 is 0 Å². The number of thioether (sulfide) groups is 1.